The van der Waals surface area contributed by atoms with Crippen molar-refractivity contribution in [2.75, 3.05) is 18.8 Å². The molecule has 3 rings (SSSR count). The fourth-order valence-corrected chi connectivity index (χ4v) is 3.40. The lowest BCUT2D eigenvalue weighted by Gasteiger charge is -2.24. The highest BCUT2D eigenvalue weighted by molar-refractivity contribution is 5.92. The van der Waals surface area contributed by atoms with Crippen LogP contribution in [-0.2, 0) is 0 Å². The second kappa shape index (κ2) is 9.25. The molecular formula is C23H31F3N4. The van der Waals surface area contributed by atoms with E-state index in [-0.39, 0.29) is 12.5 Å². The van der Waals surface area contributed by atoms with Gasteiger partial charge in [-0.1, -0.05) is 25.6 Å². The molecule has 1 aliphatic carbocycles. The van der Waals surface area contributed by atoms with Crippen LogP contribution in [0.1, 0.15) is 51.0 Å². The summed E-state index contributed by atoms with van der Waals surface area (Å²) in [6.07, 6.45) is 0.590. The van der Waals surface area contributed by atoms with Crippen LogP contribution in [0.3, 0.4) is 0 Å². The molecular weight excluding hydrogens is 389 g/mol. The second-order valence-electron chi connectivity index (χ2n) is 8.78. The summed E-state index contributed by atoms with van der Waals surface area (Å²) in [4.78, 5) is 4.65. The Morgan fingerprint density at radius 2 is 1.97 bits per heavy atom. The van der Waals surface area contributed by atoms with Crippen molar-refractivity contribution in [3.05, 3.63) is 48.2 Å². The van der Waals surface area contributed by atoms with Gasteiger partial charge in [0.15, 0.2) is 0 Å². The van der Waals surface area contributed by atoms with Gasteiger partial charge in [0.25, 0.3) is 0 Å². The number of aliphatic imine (C=N–C) groups is 1. The number of nitrogens with zero attached hydrogens (tertiary/aromatic N) is 1. The van der Waals surface area contributed by atoms with Gasteiger partial charge in [0.1, 0.15) is 0 Å². The zero-order valence-corrected chi connectivity index (χ0v) is 17.5. The molecule has 1 aromatic rings. The number of nitrogens with one attached hydrogen (secondary N) is 2. The molecule has 4 N–H and O–H groups in total. The minimum atomic E-state index is -4.13. The van der Waals surface area contributed by atoms with Gasteiger partial charge in [0.2, 0.25) is 0 Å². The lowest BCUT2D eigenvalue weighted by atomic mass is 9.98. The van der Waals surface area contributed by atoms with Gasteiger partial charge in [-0.2, -0.15) is 13.2 Å². The third-order valence-corrected chi connectivity index (χ3v) is 5.67. The first kappa shape index (κ1) is 22.4. The molecule has 30 heavy (non-hydrogen) atoms. The molecule has 0 amide bonds. The third kappa shape index (κ3) is 7.20. The van der Waals surface area contributed by atoms with Crippen LogP contribution in [0, 0.1) is 5.41 Å². The molecule has 1 heterocycles. The molecule has 2 aliphatic rings. The molecule has 0 spiro atoms. The van der Waals surface area contributed by atoms with Crippen molar-refractivity contribution in [2.24, 2.45) is 10.4 Å². The Hall–Kier alpha value is -2.28. The molecule has 0 radical (unpaired) electrons. The second-order valence-corrected chi connectivity index (χ2v) is 8.78. The maximum Gasteiger partial charge on any atom is 0.389 e. The van der Waals surface area contributed by atoms with Crippen molar-refractivity contribution in [3.63, 3.8) is 0 Å². The van der Waals surface area contributed by atoms with Gasteiger partial charge in [0.05, 0.1) is 5.70 Å². The Morgan fingerprint density at radius 1 is 1.27 bits per heavy atom. The average molecular weight is 421 g/mol. The third-order valence-electron chi connectivity index (χ3n) is 5.67. The molecule has 1 unspecified atom stereocenters. The zero-order chi connectivity index (χ0) is 21.8. The number of nitrogen functional groups attached to an aromatic ring is 1. The van der Waals surface area contributed by atoms with Gasteiger partial charge in [0, 0.05) is 49.1 Å². The first-order valence-electron chi connectivity index (χ1n) is 10.5. The highest BCUT2D eigenvalue weighted by Gasteiger charge is 2.36. The Morgan fingerprint density at radius 3 is 2.60 bits per heavy atom. The Balaban J connectivity index is 1.62. The average Bonchev–Trinajstić information content (AvgIpc) is 3.42. The van der Waals surface area contributed by atoms with E-state index in [0.717, 1.165) is 29.2 Å². The van der Waals surface area contributed by atoms with Crippen LogP contribution in [0.25, 0.3) is 5.70 Å². The van der Waals surface area contributed by atoms with Crippen molar-refractivity contribution in [1.82, 2.24) is 10.6 Å². The molecule has 4 nitrogen and oxygen atoms in total. The van der Waals surface area contributed by atoms with Crippen LogP contribution >= 0.6 is 0 Å². The molecule has 0 bridgehead atoms. The van der Waals surface area contributed by atoms with Crippen LogP contribution in [0.5, 0.6) is 0 Å². The lowest BCUT2D eigenvalue weighted by molar-refractivity contribution is -0.135. The zero-order valence-electron chi connectivity index (χ0n) is 17.5. The number of nitrogens with two attached hydrogens (primary N) is 1. The highest BCUT2D eigenvalue weighted by Crippen LogP contribution is 2.44. The van der Waals surface area contributed by atoms with E-state index in [1.54, 1.807) is 12.1 Å². The standard InChI is InChI=1S/C23H31F3N4/c1-16(29-15-22(2)10-11-22)14-28-20-12-19(4-3-9-23(24,25)26)30-21(13-20)17-5-7-18(27)8-6-17/h5-8,13,20,28-29H,1,3-4,9-12,14-15,27H2,2H3. The Bertz CT molecular complexity index is 805. The molecule has 1 aliphatic heterocycles. The van der Waals surface area contributed by atoms with Gasteiger partial charge < -0.3 is 16.4 Å². The normalized spacial score (nSPS) is 20.3. The fourth-order valence-electron chi connectivity index (χ4n) is 3.40. The summed E-state index contributed by atoms with van der Waals surface area (Å²) in [5, 5.41) is 6.85. The quantitative estimate of drug-likeness (QED) is 0.464. The largest absolute Gasteiger partial charge is 0.399 e. The van der Waals surface area contributed by atoms with Crippen LogP contribution in [-0.4, -0.2) is 31.0 Å². The summed E-state index contributed by atoms with van der Waals surface area (Å²) in [7, 11) is 0. The van der Waals surface area contributed by atoms with Crippen LogP contribution in [0.4, 0.5) is 18.9 Å². The van der Waals surface area contributed by atoms with Gasteiger partial charge in [-0.25, -0.2) is 0 Å². The first-order valence-corrected chi connectivity index (χ1v) is 10.5. The summed E-state index contributed by atoms with van der Waals surface area (Å²) >= 11 is 0. The van der Waals surface area contributed by atoms with Crippen molar-refractivity contribution < 1.29 is 13.2 Å². The van der Waals surface area contributed by atoms with Crippen molar-refractivity contribution in [1.29, 1.82) is 0 Å². The molecule has 1 atom stereocenters. The van der Waals surface area contributed by atoms with Crippen LogP contribution in [0.15, 0.2) is 47.6 Å². The number of rotatable bonds is 10. The van der Waals surface area contributed by atoms with Crippen LogP contribution < -0.4 is 16.4 Å². The smallest absolute Gasteiger partial charge is 0.389 e. The molecule has 0 aromatic heterocycles. The maximum atomic E-state index is 12.5. The van der Waals surface area contributed by atoms with Crippen molar-refractivity contribution in [2.45, 2.75) is 57.7 Å². The summed E-state index contributed by atoms with van der Waals surface area (Å²) in [5.74, 6) is 0. The summed E-state index contributed by atoms with van der Waals surface area (Å²) < 4.78 is 37.6. The van der Waals surface area contributed by atoms with E-state index in [0.29, 0.717) is 30.5 Å². The number of hydrogen-bond acceptors (Lipinski definition) is 4. The van der Waals surface area contributed by atoms with Crippen molar-refractivity contribution >= 4 is 17.1 Å². The minimum absolute atomic E-state index is 0.00833. The van der Waals surface area contributed by atoms with E-state index < -0.39 is 12.6 Å². The monoisotopic (exact) mass is 420 g/mol. The van der Waals surface area contributed by atoms with E-state index in [2.05, 4.69) is 29.1 Å². The van der Waals surface area contributed by atoms with Crippen molar-refractivity contribution in [3.8, 4) is 0 Å². The highest BCUT2D eigenvalue weighted by atomic mass is 19.4. The predicted octanol–water partition coefficient (Wildman–Crippen LogP) is 5.05. The van der Waals surface area contributed by atoms with Crippen LogP contribution in [0.2, 0.25) is 0 Å². The first-order chi connectivity index (χ1) is 14.1. The molecule has 1 saturated carbocycles. The number of halogens is 3. The predicted molar refractivity (Wildman–Crippen MR) is 117 cm³/mol. The SMILES string of the molecule is C=C(CNC1C=C(c2ccc(N)cc2)N=C(CCCC(F)(F)F)C1)NCC1(C)CC1. The molecule has 1 fully saturated rings. The lowest BCUT2D eigenvalue weighted by Crippen LogP contribution is -2.36. The van der Waals surface area contributed by atoms with Gasteiger partial charge in [-0.3, -0.25) is 4.99 Å². The van der Waals surface area contributed by atoms with Gasteiger partial charge in [-0.05, 0) is 54.9 Å². The minimum Gasteiger partial charge on any atom is -0.399 e. The Labute approximate surface area is 176 Å². The summed E-state index contributed by atoms with van der Waals surface area (Å²) in [6, 6.07) is 7.37. The van der Waals surface area contributed by atoms with E-state index in [1.807, 2.05) is 18.2 Å². The maximum absolute atomic E-state index is 12.5. The summed E-state index contributed by atoms with van der Waals surface area (Å²) in [5.41, 5.74) is 10.2. The number of anilines is 1. The fraction of sp³-hybridized carbons (Fsp3) is 0.522. The van der Waals surface area contributed by atoms with E-state index in [9.17, 15) is 13.2 Å². The number of hydrogen-bond donors (Lipinski definition) is 3. The van der Waals surface area contributed by atoms with E-state index in [1.165, 1.54) is 12.8 Å². The topological polar surface area (TPSA) is 62.4 Å². The molecule has 0 saturated heterocycles. The van der Waals surface area contributed by atoms with Gasteiger partial charge >= 0.3 is 6.18 Å². The number of benzene rings is 1. The molecule has 7 heteroatoms. The van der Waals surface area contributed by atoms with E-state index in [4.69, 9.17) is 5.73 Å². The number of alkyl halides is 3. The Kier molecular flexibility index (Phi) is 6.91. The summed E-state index contributed by atoms with van der Waals surface area (Å²) in [6.45, 7) is 7.87. The molecule has 1 aromatic carbocycles. The van der Waals surface area contributed by atoms with Gasteiger partial charge in [-0.15, -0.1) is 0 Å². The van der Waals surface area contributed by atoms with E-state index >= 15 is 0 Å². The molecule has 164 valence electrons.